The van der Waals surface area contributed by atoms with Crippen LogP contribution in [0.1, 0.15) is 194 Å². The van der Waals surface area contributed by atoms with Gasteiger partial charge in [-0.25, -0.2) is 0 Å². The van der Waals surface area contributed by atoms with Gasteiger partial charge in [0.2, 0.25) is 5.91 Å². The maximum Gasteiger partial charge on any atom is 0.220 e. The topological polar surface area (TPSA) is 228 Å². The molecule has 2 fully saturated rings. The molecule has 84 heavy (non-hydrogen) atoms. The van der Waals surface area contributed by atoms with Crippen molar-refractivity contribution in [1.29, 1.82) is 0 Å². The first-order valence-electron chi connectivity index (χ1n) is 32.1. The molecule has 0 saturated carbocycles. The Balaban J connectivity index is 1.66. The van der Waals surface area contributed by atoms with Gasteiger partial charge in [-0.05, 0) is 116 Å². The second-order valence-corrected chi connectivity index (χ2v) is 21.8. The highest BCUT2D eigenvalue weighted by Crippen LogP contribution is 2.30. The average Bonchev–Trinajstić information content (AvgIpc) is 2.58. The molecule has 0 spiro atoms. The minimum Gasteiger partial charge on any atom is -0.394 e. The van der Waals surface area contributed by atoms with E-state index in [0.29, 0.717) is 12.8 Å². The Morgan fingerprint density at radius 1 is 0.440 bits per heavy atom. The van der Waals surface area contributed by atoms with Crippen LogP contribution in [0.15, 0.2) is 146 Å². The van der Waals surface area contributed by atoms with Crippen molar-refractivity contribution in [3.63, 3.8) is 0 Å². The van der Waals surface area contributed by atoms with E-state index < -0.39 is 86.8 Å². The zero-order valence-corrected chi connectivity index (χ0v) is 51.3. The Morgan fingerprint density at radius 3 is 1.31 bits per heavy atom. The Hall–Kier alpha value is -4.13. The van der Waals surface area contributed by atoms with Gasteiger partial charge in [-0.3, -0.25) is 4.79 Å². The van der Waals surface area contributed by atoms with Gasteiger partial charge in [0.25, 0.3) is 0 Å². The van der Waals surface area contributed by atoms with Gasteiger partial charge in [0.15, 0.2) is 12.6 Å². The summed E-state index contributed by atoms with van der Waals surface area (Å²) < 4.78 is 22.7. The van der Waals surface area contributed by atoms with Crippen molar-refractivity contribution in [3.05, 3.63) is 146 Å². The molecule has 14 heteroatoms. The van der Waals surface area contributed by atoms with E-state index in [-0.39, 0.29) is 18.9 Å². The molecule has 0 aliphatic carbocycles. The summed E-state index contributed by atoms with van der Waals surface area (Å²) in [5.41, 5.74) is 0. The fourth-order valence-corrected chi connectivity index (χ4v) is 9.37. The van der Waals surface area contributed by atoms with Crippen molar-refractivity contribution >= 4 is 5.91 Å². The molecule has 0 radical (unpaired) electrons. The van der Waals surface area contributed by atoms with Crippen molar-refractivity contribution < 1.29 is 64.6 Å². The van der Waals surface area contributed by atoms with Gasteiger partial charge in [0.05, 0.1) is 32.0 Å². The number of hydrogen-bond acceptors (Lipinski definition) is 13. The summed E-state index contributed by atoms with van der Waals surface area (Å²) in [5, 5.41) is 87.0. The van der Waals surface area contributed by atoms with Crippen LogP contribution >= 0.6 is 0 Å². The van der Waals surface area contributed by atoms with Crippen molar-refractivity contribution in [2.75, 3.05) is 19.8 Å². The zero-order chi connectivity index (χ0) is 60.9. The smallest absolute Gasteiger partial charge is 0.220 e. The normalized spacial score (nSPS) is 24.7. The number of rotatable bonds is 49. The fourth-order valence-electron chi connectivity index (χ4n) is 9.37. The third-order valence-corrected chi connectivity index (χ3v) is 14.5. The average molecular weight is 1180 g/mol. The number of aliphatic hydroxyl groups excluding tert-OH is 8. The molecule has 1 amide bonds. The van der Waals surface area contributed by atoms with Crippen molar-refractivity contribution in [1.82, 2.24) is 5.32 Å². The molecule has 2 aliphatic rings. The number of unbranched alkanes of at least 4 members (excludes halogenated alkanes) is 14. The summed E-state index contributed by atoms with van der Waals surface area (Å²) in [5.74, 6) is -0.268. The predicted molar refractivity (Wildman–Crippen MR) is 341 cm³/mol. The van der Waals surface area contributed by atoms with Crippen LogP contribution in [0, 0.1) is 0 Å². The second-order valence-electron chi connectivity index (χ2n) is 21.8. The van der Waals surface area contributed by atoms with E-state index in [4.69, 9.17) is 18.9 Å². The van der Waals surface area contributed by atoms with Crippen LogP contribution in [0.3, 0.4) is 0 Å². The first-order valence-corrected chi connectivity index (χ1v) is 32.1. The van der Waals surface area contributed by atoms with Crippen LogP contribution in [-0.4, -0.2) is 140 Å². The molecule has 12 unspecified atom stereocenters. The molecule has 0 aromatic rings. The third kappa shape index (κ3) is 37.4. The predicted octanol–water partition coefficient (Wildman–Crippen LogP) is 12.1. The van der Waals surface area contributed by atoms with E-state index in [2.05, 4.69) is 153 Å². The molecule has 476 valence electrons. The number of amides is 1. The molecule has 9 N–H and O–H groups in total. The highest BCUT2D eigenvalue weighted by Gasteiger charge is 2.51. The number of nitrogens with one attached hydrogen (secondary N) is 1. The van der Waals surface area contributed by atoms with Crippen molar-refractivity contribution in [2.45, 2.75) is 267 Å². The molecule has 2 rings (SSSR count). The van der Waals surface area contributed by atoms with Crippen molar-refractivity contribution in [3.8, 4) is 0 Å². The van der Waals surface area contributed by atoms with Gasteiger partial charge in [-0.1, -0.05) is 217 Å². The molecule has 2 saturated heterocycles. The van der Waals surface area contributed by atoms with Gasteiger partial charge in [-0.2, -0.15) is 0 Å². The standard InChI is InChI=1S/C70H113NO13/c1-3-5-7-9-11-13-15-17-18-19-20-21-22-23-24-25-26-27-28-29-30-31-32-33-34-35-36-37-38-39-40-42-44-46-48-50-52-54-62(75)71-58(59(74)53-51-49-47-45-43-41-16-14-12-10-8-6-4-2)57-81-69-67(80)65(78)68(61(56-73)83-69)84-70-66(79)64(77)63(76)60(55-72)82-70/h5,7,11-14,17-18,20-21,23-24,26-27,29-30,32-33,35-36,43,45,51,53,58-61,63-70,72-74,76-80H,3-4,6,8-10,15-16,19,22,25,28,31,34,37-42,44,46-50,52,54-57H2,1-2H3,(H,71,75)/b7-5-,13-11-,14-12+,18-17-,21-20-,24-23-,27-26-,30-29-,33-32-,36-35-,45-43+,53-51+. The van der Waals surface area contributed by atoms with Crippen molar-refractivity contribution in [2.24, 2.45) is 0 Å². The number of carbonyl (C=O) groups excluding carboxylic acids is 1. The van der Waals surface area contributed by atoms with Crippen LogP contribution < -0.4 is 5.32 Å². The van der Waals surface area contributed by atoms with Gasteiger partial charge >= 0.3 is 0 Å². The van der Waals surface area contributed by atoms with E-state index in [1.807, 2.05) is 6.08 Å². The Morgan fingerprint density at radius 2 is 0.833 bits per heavy atom. The number of allylic oxidation sites excluding steroid dienone is 23. The third-order valence-electron chi connectivity index (χ3n) is 14.5. The quantitative estimate of drug-likeness (QED) is 0.0204. The molecule has 12 atom stereocenters. The van der Waals surface area contributed by atoms with Crippen LogP contribution in [0.5, 0.6) is 0 Å². The Bertz CT molecular complexity index is 1970. The van der Waals surface area contributed by atoms with E-state index in [0.717, 1.165) is 116 Å². The minimum atomic E-state index is -1.80. The highest BCUT2D eigenvalue weighted by atomic mass is 16.7. The molecule has 0 aromatic carbocycles. The number of carbonyl (C=O) groups is 1. The lowest BCUT2D eigenvalue weighted by atomic mass is 9.97. The van der Waals surface area contributed by atoms with Crippen LogP contribution in [0.25, 0.3) is 0 Å². The number of hydrogen-bond donors (Lipinski definition) is 9. The number of ether oxygens (including phenoxy) is 4. The largest absolute Gasteiger partial charge is 0.394 e. The van der Waals surface area contributed by atoms with Gasteiger partial charge in [0, 0.05) is 6.42 Å². The molecule has 2 heterocycles. The molecule has 2 aliphatic heterocycles. The van der Waals surface area contributed by atoms with Gasteiger partial charge in [0.1, 0.15) is 48.8 Å². The second kappa shape index (κ2) is 53.1. The molecular weight excluding hydrogens is 1060 g/mol. The summed E-state index contributed by atoms with van der Waals surface area (Å²) in [6, 6.07) is -0.951. The molecule has 14 nitrogen and oxygen atoms in total. The summed E-state index contributed by atoms with van der Waals surface area (Å²) in [4.78, 5) is 13.3. The summed E-state index contributed by atoms with van der Waals surface area (Å²) >= 11 is 0. The van der Waals surface area contributed by atoms with E-state index >= 15 is 0 Å². The Labute approximate surface area is 506 Å². The first kappa shape index (κ1) is 76.0. The highest BCUT2D eigenvalue weighted by molar-refractivity contribution is 5.76. The lowest BCUT2D eigenvalue weighted by Gasteiger charge is -2.46. The monoisotopic (exact) mass is 1180 g/mol. The van der Waals surface area contributed by atoms with Gasteiger partial charge < -0.3 is 65.1 Å². The van der Waals surface area contributed by atoms with Crippen LogP contribution in [-0.2, 0) is 23.7 Å². The maximum absolute atomic E-state index is 13.3. The Kier molecular flexibility index (Phi) is 48.1. The molecule has 0 aromatic heterocycles. The fraction of sp³-hybridized carbons (Fsp3) is 0.643. The SMILES string of the molecule is CC/C=C\C/C=C\C/C=C\C/C=C\C/C=C\C/C=C\C/C=C\C/C=C\C/C=C\CCCCCCCCCCCC(=O)NC(COC1OC(CO)C(OC2OC(CO)C(O)C(O)C2O)C(O)C1O)C(O)/C=C/CC/C=C/CC/C=C/CCCCC. The lowest BCUT2D eigenvalue weighted by molar-refractivity contribution is -0.359. The van der Waals surface area contributed by atoms with E-state index in [1.54, 1.807) is 6.08 Å². The van der Waals surface area contributed by atoms with Gasteiger partial charge in [-0.15, -0.1) is 0 Å². The minimum absolute atomic E-state index is 0.253. The lowest BCUT2D eigenvalue weighted by Crippen LogP contribution is -2.65. The summed E-state index contributed by atoms with van der Waals surface area (Å²) in [6.45, 7) is 2.59. The van der Waals surface area contributed by atoms with Crippen LogP contribution in [0.2, 0.25) is 0 Å². The van der Waals surface area contributed by atoms with E-state index in [9.17, 15) is 45.6 Å². The maximum atomic E-state index is 13.3. The molecular formula is C70H113NO13. The van der Waals surface area contributed by atoms with E-state index in [1.165, 1.54) is 44.9 Å². The number of aliphatic hydroxyl groups is 8. The summed E-state index contributed by atoms with van der Waals surface area (Å²) in [7, 11) is 0. The summed E-state index contributed by atoms with van der Waals surface area (Å²) in [6.07, 6.45) is 63.3. The zero-order valence-electron chi connectivity index (χ0n) is 51.3. The van der Waals surface area contributed by atoms with Crippen LogP contribution in [0.4, 0.5) is 0 Å². The molecule has 0 bridgehead atoms. The first-order chi connectivity index (χ1) is 41.1.